The van der Waals surface area contributed by atoms with Gasteiger partial charge in [0.2, 0.25) is 5.91 Å². The molecule has 8 heteroatoms. The molecule has 1 amide bonds. The maximum Gasteiger partial charge on any atom is 0.241 e. The predicted octanol–water partition coefficient (Wildman–Crippen LogP) is 2.15. The molecule has 0 aromatic carbocycles. The average molecular weight is 394 g/mol. The summed E-state index contributed by atoms with van der Waals surface area (Å²) in [5.41, 5.74) is 0.856. The van der Waals surface area contributed by atoms with E-state index in [2.05, 4.69) is 41.4 Å². The van der Waals surface area contributed by atoms with Gasteiger partial charge in [-0.15, -0.1) is 24.8 Å². The summed E-state index contributed by atoms with van der Waals surface area (Å²) in [6.07, 6.45) is 6.16. The van der Waals surface area contributed by atoms with E-state index in [9.17, 15) is 4.79 Å². The van der Waals surface area contributed by atoms with Crippen molar-refractivity contribution in [3.05, 3.63) is 18.0 Å². The molecule has 1 fully saturated rings. The SMILES string of the molecule is CNC(C(=O)NCC(C)(C)N1CCCC(C)C1)c1cnn(C)c1.Cl.Cl. The lowest BCUT2D eigenvalue weighted by Gasteiger charge is -2.43. The Bertz CT molecular complexity index is 535. The van der Waals surface area contributed by atoms with Gasteiger partial charge in [0, 0.05) is 37.4 Å². The van der Waals surface area contributed by atoms with E-state index in [1.807, 2.05) is 13.2 Å². The van der Waals surface area contributed by atoms with E-state index < -0.39 is 0 Å². The third kappa shape index (κ3) is 6.44. The largest absolute Gasteiger partial charge is 0.353 e. The second kappa shape index (κ2) is 10.4. The van der Waals surface area contributed by atoms with E-state index in [-0.39, 0.29) is 42.3 Å². The molecule has 0 radical (unpaired) electrons. The Balaban J connectivity index is 0.00000288. The van der Waals surface area contributed by atoms with Crippen LogP contribution < -0.4 is 10.6 Å². The van der Waals surface area contributed by atoms with Crippen LogP contribution in [0.25, 0.3) is 0 Å². The van der Waals surface area contributed by atoms with Gasteiger partial charge in [-0.25, -0.2) is 0 Å². The van der Waals surface area contributed by atoms with Crippen molar-refractivity contribution in [1.29, 1.82) is 0 Å². The Kier molecular flexibility index (Phi) is 10.0. The molecule has 0 aliphatic carbocycles. The zero-order chi connectivity index (χ0) is 17.0. The number of likely N-dealkylation sites (N-methyl/N-ethyl adjacent to an activating group) is 1. The third-order valence-corrected chi connectivity index (χ3v) is 4.82. The van der Waals surface area contributed by atoms with Crippen molar-refractivity contribution < 1.29 is 4.79 Å². The fraction of sp³-hybridized carbons (Fsp3) is 0.765. The van der Waals surface area contributed by atoms with Crippen LogP contribution in [0.15, 0.2) is 12.4 Å². The molecule has 1 aromatic heterocycles. The Hall–Kier alpha value is -0.820. The quantitative estimate of drug-likeness (QED) is 0.776. The molecule has 1 saturated heterocycles. The van der Waals surface area contributed by atoms with E-state index in [1.165, 1.54) is 12.8 Å². The first kappa shape index (κ1) is 24.2. The van der Waals surface area contributed by atoms with Crippen molar-refractivity contribution >= 4 is 30.7 Å². The van der Waals surface area contributed by atoms with Crippen LogP contribution in [0.5, 0.6) is 0 Å². The Labute approximate surface area is 163 Å². The number of amides is 1. The van der Waals surface area contributed by atoms with Gasteiger partial charge in [-0.2, -0.15) is 5.10 Å². The number of hydrogen-bond acceptors (Lipinski definition) is 4. The Morgan fingerprint density at radius 3 is 2.64 bits per heavy atom. The number of carbonyl (C=O) groups excluding carboxylic acids is 1. The molecular formula is C17H33Cl2N5O. The molecule has 2 N–H and O–H groups in total. The Morgan fingerprint density at radius 1 is 1.44 bits per heavy atom. The summed E-state index contributed by atoms with van der Waals surface area (Å²) < 4.78 is 1.71. The van der Waals surface area contributed by atoms with E-state index in [0.29, 0.717) is 6.54 Å². The smallest absolute Gasteiger partial charge is 0.241 e. The molecule has 0 bridgehead atoms. The van der Waals surface area contributed by atoms with Crippen LogP contribution in [0.4, 0.5) is 0 Å². The van der Waals surface area contributed by atoms with Gasteiger partial charge in [-0.1, -0.05) is 6.92 Å². The molecule has 2 atom stereocenters. The molecule has 6 nitrogen and oxygen atoms in total. The minimum absolute atomic E-state index is 0. The highest BCUT2D eigenvalue weighted by molar-refractivity contribution is 5.85. The fourth-order valence-corrected chi connectivity index (χ4v) is 3.29. The zero-order valence-electron chi connectivity index (χ0n) is 15.9. The van der Waals surface area contributed by atoms with Crippen LogP contribution in [0.1, 0.15) is 45.2 Å². The highest BCUT2D eigenvalue weighted by Gasteiger charge is 2.31. The van der Waals surface area contributed by atoms with E-state index in [1.54, 1.807) is 17.9 Å². The highest BCUT2D eigenvalue weighted by Crippen LogP contribution is 2.23. The maximum absolute atomic E-state index is 12.5. The average Bonchev–Trinajstić information content (AvgIpc) is 2.92. The standard InChI is InChI=1S/C17H31N5O.2ClH/c1-13-7-6-8-22(10-13)17(2,3)12-19-16(23)15(18-4)14-9-20-21(5)11-14;;/h9,11,13,15,18H,6-8,10,12H2,1-5H3,(H,19,23);2*1H. The van der Waals surface area contributed by atoms with Gasteiger partial charge in [-0.3, -0.25) is 14.4 Å². The second-order valence-corrected chi connectivity index (χ2v) is 7.39. The summed E-state index contributed by atoms with van der Waals surface area (Å²) in [6.45, 7) is 9.61. The summed E-state index contributed by atoms with van der Waals surface area (Å²) in [5.74, 6) is 0.734. The van der Waals surface area contributed by atoms with Crippen LogP contribution in [-0.4, -0.2) is 52.8 Å². The van der Waals surface area contributed by atoms with Gasteiger partial charge in [0.15, 0.2) is 0 Å². The number of likely N-dealkylation sites (tertiary alicyclic amines) is 1. The van der Waals surface area contributed by atoms with E-state index in [0.717, 1.165) is 24.6 Å². The van der Waals surface area contributed by atoms with Crippen molar-refractivity contribution in [2.45, 2.75) is 45.2 Å². The zero-order valence-corrected chi connectivity index (χ0v) is 17.5. The number of carbonyl (C=O) groups is 1. The van der Waals surface area contributed by atoms with Gasteiger partial charge in [0.05, 0.1) is 6.20 Å². The number of halogens is 2. The normalized spacial score (nSPS) is 19.5. The van der Waals surface area contributed by atoms with E-state index in [4.69, 9.17) is 0 Å². The summed E-state index contributed by atoms with van der Waals surface area (Å²) in [7, 11) is 3.66. The lowest BCUT2D eigenvalue weighted by molar-refractivity contribution is -0.123. The van der Waals surface area contributed by atoms with Gasteiger partial charge in [0.1, 0.15) is 6.04 Å². The number of hydrogen-bond donors (Lipinski definition) is 2. The molecule has 1 aromatic rings. The summed E-state index contributed by atoms with van der Waals surface area (Å²) in [4.78, 5) is 15.0. The summed E-state index contributed by atoms with van der Waals surface area (Å²) in [6, 6.07) is -0.361. The number of nitrogens with one attached hydrogen (secondary N) is 2. The lowest BCUT2D eigenvalue weighted by atomic mass is 9.93. The number of rotatable bonds is 6. The molecule has 1 aliphatic rings. The molecule has 2 unspecified atom stereocenters. The summed E-state index contributed by atoms with van der Waals surface area (Å²) in [5, 5.41) is 10.3. The van der Waals surface area contributed by atoms with Gasteiger partial charge < -0.3 is 10.6 Å². The van der Waals surface area contributed by atoms with Gasteiger partial charge >= 0.3 is 0 Å². The van der Waals surface area contributed by atoms with Crippen LogP contribution in [0.3, 0.4) is 0 Å². The number of aromatic nitrogens is 2. The first-order chi connectivity index (χ1) is 10.8. The molecular weight excluding hydrogens is 361 g/mol. The number of piperidine rings is 1. The minimum Gasteiger partial charge on any atom is -0.353 e. The highest BCUT2D eigenvalue weighted by atomic mass is 35.5. The summed E-state index contributed by atoms with van der Waals surface area (Å²) >= 11 is 0. The molecule has 0 spiro atoms. The van der Waals surface area contributed by atoms with Crippen LogP contribution in [0, 0.1) is 5.92 Å². The maximum atomic E-state index is 12.5. The number of aryl methyl sites for hydroxylation is 1. The monoisotopic (exact) mass is 393 g/mol. The first-order valence-corrected chi connectivity index (χ1v) is 8.52. The van der Waals surface area contributed by atoms with Crippen LogP contribution in [0.2, 0.25) is 0 Å². The van der Waals surface area contributed by atoms with Crippen molar-refractivity contribution in [3.8, 4) is 0 Å². The predicted molar refractivity (Wildman–Crippen MR) is 107 cm³/mol. The molecule has 2 rings (SSSR count). The van der Waals surface area contributed by atoms with Crippen molar-refractivity contribution in [3.63, 3.8) is 0 Å². The number of nitrogens with zero attached hydrogens (tertiary/aromatic N) is 3. The fourth-order valence-electron chi connectivity index (χ4n) is 3.29. The van der Waals surface area contributed by atoms with Crippen molar-refractivity contribution in [1.82, 2.24) is 25.3 Å². The molecule has 2 heterocycles. The molecule has 146 valence electrons. The topological polar surface area (TPSA) is 62.2 Å². The van der Waals surface area contributed by atoms with Crippen molar-refractivity contribution in [2.24, 2.45) is 13.0 Å². The lowest BCUT2D eigenvalue weighted by Crippen LogP contribution is -2.55. The molecule has 25 heavy (non-hydrogen) atoms. The Morgan fingerprint density at radius 2 is 2.12 bits per heavy atom. The second-order valence-electron chi connectivity index (χ2n) is 7.39. The third-order valence-electron chi connectivity index (χ3n) is 4.82. The van der Waals surface area contributed by atoms with Crippen LogP contribution >= 0.6 is 24.8 Å². The van der Waals surface area contributed by atoms with E-state index >= 15 is 0 Å². The molecule has 1 aliphatic heterocycles. The van der Waals surface area contributed by atoms with Gasteiger partial charge in [0.25, 0.3) is 0 Å². The van der Waals surface area contributed by atoms with Crippen molar-refractivity contribution in [2.75, 3.05) is 26.7 Å². The van der Waals surface area contributed by atoms with Gasteiger partial charge in [-0.05, 0) is 46.2 Å². The minimum atomic E-state index is -0.361. The van der Waals surface area contributed by atoms with Crippen LogP contribution in [-0.2, 0) is 11.8 Å². The first-order valence-electron chi connectivity index (χ1n) is 8.52. The molecule has 0 saturated carbocycles.